The first kappa shape index (κ1) is 17.1. The van der Waals surface area contributed by atoms with E-state index in [4.69, 9.17) is 4.52 Å². The lowest BCUT2D eigenvalue weighted by molar-refractivity contribution is -0.128. The van der Waals surface area contributed by atoms with Crippen molar-refractivity contribution < 1.29 is 18.5 Å². The number of aryl methyl sites for hydroxylation is 1. The molecule has 2 N–H and O–H groups in total. The Morgan fingerprint density at radius 1 is 1.32 bits per heavy atom. The molecule has 25 heavy (non-hydrogen) atoms. The van der Waals surface area contributed by atoms with Gasteiger partial charge >= 0.3 is 0 Å². The fourth-order valence-corrected chi connectivity index (χ4v) is 2.64. The SMILES string of the molecule is O=C(CCc1nc(-c2ccc(F)cc2)no1)N[C@@H]1CCCCNC1=O. The zero-order valence-electron chi connectivity index (χ0n) is 13.6. The zero-order valence-corrected chi connectivity index (χ0v) is 13.6. The first-order chi connectivity index (χ1) is 12.1. The van der Waals surface area contributed by atoms with E-state index in [-0.39, 0.29) is 30.5 Å². The molecule has 1 aliphatic heterocycles. The van der Waals surface area contributed by atoms with E-state index in [1.807, 2.05) is 0 Å². The van der Waals surface area contributed by atoms with E-state index in [2.05, 4.69) is 20.8 Å². The number of amides is 2. The Balaban J connectivity index is 1.52. The molecule has 1 saturated heterocycles. The van der Waals surface area contributed by atoms with Gasteiger partial charge in [-0.15, -0.1) is 0 Å². The third-order valence-electron chi connectivity index (χ3n) is 4.01. The van der Waals surface area contributed by atoms with Crippen molar-refractivity contribution in [3.63, 3.8) is 0 Å². The average Bonchev–Trinajstić information content (AvgIpc) is 2.99. The van der Waals surface area contributed by atoms with Gasteiger partial charge in [0.15, 0.2) is 0 Å². The Bertz CT molecular complexity index is 745. The van der Waals surface area contributed by atoms with Gasteiger partial charge in [-0.05, 0) is 43.5 Å². The maximum Gasteiger partial charge on any atom is 0.242 e. The second kappa shape index (κ2) is 7.87. The van der Waals surface area contributed by atoms with Crippen molar-refractivity contribution in [1.29, 1.82) is 0 Å². The van der Waals surface area contributed by atoms with Crippen molar-refractivity contribution >= 4 is 11.8 Å². The highest BCUT2D eigenvalue weighted by Crippen LogP contribution is 2.16. The summed E-state index contributed by atoms with van der Waals surface area (Å²) in [4.78, 5) is 28.0. The van der Waals surface area contributed by atoms with E-state index >= 15 is 0 Å². The van der Waals surface area contributed by atoms with Crippen LogP contribution >= 0.6 is 0 Å². The van der Waals surface area contributed by atoms with Gasteiger partial charge in [0.05, 0.1) is 0 Å². The summed E-state index contributed by atoms with van der Waals surface area (Å²) in [6.07, 6.45) is 2.89. The molecular weight excluding hydrogens is 327 g/mol. The molecule has 1 fully saturated rings. The molecule has 2 amide bonds. The predicted molar refractivity (Wildman–Crippen MR) is 86.8 cm³/mol. The van der Waals surface area contributed by atoms with E-state index < -0.39 is 6.04 Å². The molecule has 0 bridgehead atoms. The number of nitrogens with zero attached hydrogens (tertiary/aromatic N) is 2. The van der Waals surface area contributed by atoms with E-state index in [9.17, 15) is 14.0 Å². The molecule has 0 saturated carbocycles. The lowest BCUT2D eigenvalue weighted by Gasteiger charge is -2.14. The molecule has 3 rings (SSSR count). The fourth-order valence-electron chi connectivity index (χ4n) is 2.64. The molecule has 0 radical (unpaired) electrons. The van der Waals surface area contributed by atoms with Crippen LogP contribution in [0.25, 0.3) is 11.4 Å². The van der Waals surface area contributed by atoms with Crippen molar-refractivity contribution in [1.82, 2.24) is 20.8 Å². The molecule has 2 aromatic rings. The van der Waals surface area contributed by atoms with Gasteiger partial charge < -0.3 is 15.2 Å². The van der Waals surface area contributed by atoms with E-state index in [0.29, 0.717) is 30.2 Å². The number of aromatic nitrogens is 2. The summed E-state index contributed by atoms with van der Waals surface area (Å²) in [7, 11) is 0. The summed E-state index contributed by atoms with van der Waals surface area (Å²) in [6, 6.07) is 5.27. The normalized spacial score (nSPS) is 17.6. The Kier molecular flexibility index (Phi) is 5.37. The minimum atomic E-state index is -0.479. The highest BCUT2D eigenvalue weighted by atomic mass is 19.1. The Labute approximate surface area is 144 Å². The molecule has 0 aliphatic carbocycles. The molecule has 1 aliphatic rings. The van der Waals surface area contributed by atoms with Gasteiger partial charge in [-0.25, -0.2) is 4.39 Å². The summed E-state index contributed by atoms with van der Waals surface area (Å²) >= 11 is 0. The number of nitrogens with one attached hydrogen (secondary N) is 2. The summed E-state index contributed by atoms with van der Waals surface area (Å²) in [5, 5.41) is 9.35. The van der Waals surface area contributed by atoms with Crippen LogP contribution in [0.3, 0.4) is 0 Å². The Morgan fingerprint density at radius 3 is 2.92 bits per heavy atom. The minimum absolute atomic E-state index is 0.137. The number of hydrogen-bond acceptors (Lipinski definition) is 5. The number of benzene rings is 1. The standard InChI is InChI=1S/C17H19FN4O3/c18-12-6-4-11(5-7-12)16-21-15(25-22-16)9-8-14(23)20-13-3-1-2-10-19-17(13)24/h4-7,13H,1-3,8-10H2,(H,19,24)(H,20,23)/t13-/m1/s1. The van der Waals surface area contributed by atoms with Crippen LogP contribution in [-0.2, 0) is 16.0 Å². The van der Waals surface area contributed by atoms with Crippen molar-refractivity contribution in [2.24, 2.45) is 0 Å². The number of halogens is 1. The van der Waals surface area contributed by atoms with Crippen molar-refractivity contribution in [3.8, 4) is 11.4 Å². The first-order valence-electron chi connectivity index (χ1n) is 8.27. The third-order valence-corrected chi connectivity index (χ3v) is 4.01. The van der Waals surface area contributed by atoms with Crippen molar-refractivity contribution in [3.05, 3.63) is 36.0 Å². The van der Waals surface area contributed by atoms with Crippen LogP contribution in [0.4, 0.5) is 4.39 Å². The number of rotatable bonds is 5. The van der Waals surface area contributed by atoms with Gasteiger partial charge in [0.25, 0.3) is 0 Å². The predicted octanol–water partition coefficient (Wildman–Crippen LogP) is 1.59. The quantitative estimate of drug-likeness (QED) is 0.857. The lowest BCUT2D eigenvalue weighted by atomic mass is 10.1. The van der Waals surface area contributed by atoms with Gasteiger partial charge in [0.1, 0.15) is 11.9 Å². The molecule has 0 unspecified atom stereocenters. The second-order valence-corrected chi connectivity index (χ2v) is 5.93. The van der Waals surface area contributed by atoms with Crippen LogP contribution in [-0.4, -0.2) is 34.5 Å². The molecule has 0 spiro atoms. The van der Waals surface area contributed by atoms with Gasteiger partial charge in [-0.2, -0.15) is 4.98 Å². The molecule has 2 heterocycles. The summed E-state index contributed by atoms with van der Waals surface area (Å²) in [6.45, 7) is 0.652. The molecule has 7 nitrogen and oxygen atoms in total. The Morgan fingerprint density at radius 2 is 2.12 bits per heavy atom. The van der Waals surface area contributed by atoms with E-state index in [1.54, 1.807) is 12.1 Å². The zero-order chi connectivity index (χ0) is 17.6. The van der Waals surface area contributed by atoms with E-state index in [0.717, 1.165) is 12.8 Å². The maximum atomic E-state index is 12.9. The van der Waals surface area contributed by atoms with Gasteiger partial charge in [0, 0.05) is 24.9 Å². The fraction of sp³-hybridized carbons (Fsp3) is 0.412. The summed E-state index contributed by atoms with van der Waals surface area (Å²) in [5.41, 5.74) is 0.635. The summed E-state index contributed by atoms with van der Waals surface area (Å²) < 4.78 is 18.0. The summed E-state index contributed by atoms with van der Waals surface area (Å²) in [5.74, 6) is -0.0455. The first-order valence-corrected chi connectivity index (χ1v) is 8.27. The number of carbonyl (C=O) groups excluding carboxylic acids is 2. The second-order valence-electron chi connectivity index (χ2n) is 5.93. The molecular formula is C17H19FN4O3. The maximum absolute atomic E-state index is 12.9. The molecule has 8 heteroatoms. The monoisotopic (exact) mass is 346 g/mol. The van der Waals surface area contributed by atoms with Gasteiger partial charge in [-0.1, -0.05) is 5.16 Å². The van der Waals surface area contributed by atoms with Gasteiger partial charge in [-0.3, -0.25) is 9.59 Å². The van der Waals surface area contributed by atoms with Crippen molar-refractivity contribution in [2.45, 2.75) is 38.1 Å². The number of hydrogen-bond donors (Lipinski definition) is 2. The lowest BCUT2D eigenvalue weighted by Crippen LogP contribution is -2.45. The molecule has 1 atom stereocenters. The molecule has 1 aromatic heterocycles. The van der Waals surface area contributed by atoms with Crippen LogP contribution in [0.2, 0.25) is 0 Å². The van der Waals surface area contributed by atoms with Crippen molar-refractivity contribution in [2.75, 3.05) is 6.54 Å². The van der Waals surface area contributed by atoms with E-state index in [1.165, 1.54) is 12.1 Å². The van der Waals surface area contributed by atoms with Crippen LogP contribution in [0.15, 0.2) is 28.8 Å². The minimum Gasteiger partial charge on any atom is -0.354 e. The van der Waals surface area contributed by atoms with Crippen LogP contribution < -0.4 is 10.6 Å². The largest absolute Gasteiger partial charge is 0.354 e. The molecule has 132 valence electrons. The highest BCUT2D eigenvalue weighted by molar-refractivity contribution is 5.87. The molecule has 1 aromatic carbocycles. The smallest absolute Gasteiger partial charge is 0.242 e. The average molecular weight is 346 g/mol. The highest BCUT2D eigenvalue weighted by Gasteiger charge is 2.22. The van der Waals surface area contributed by atoms with Crippen LogP contribution in [0.1, 0.15) is 31.6 Å². The van der Waals surface area contributed by atoms with Gasteiger partial charge in [0.2, 0.25) is 23.5 Å². The topological polar surface area (TPSA) is 97.1 Å². The van der Waals surface area contributed by atoms with Crippen LogP contribution in [0, 0.1) is 5.82 Å². The van der Waals surface area contributed by atoms with Crippen LogP contribution in [0.5, 0.6) is 0 Å². The third kappa shape index (κ3) is 4.62. The Hall–Kier alpha value is -2.77. The number of carbonyl (C=O) groups is 2.